The van der Waals surface area contributed by atoms with Gasteiger partial charge in [0.2, 0.25) is 5.91 Å². The summed E-state index contributed by atoms with van der Waals surface area (Å²) in [6, 6.07) is 6.69. The van der Waals surface area contributed by atoms with Crippen LogP contribution in [0.2, 0.25) is 0 Å². The highest BCUT2D eigenvalue weighted by Crippen LogP contribution is 2.16. The predicted octanol–water partition coefficient (Wildman–Crippen LogP) is 1.26. The summed E-state index contributed by atoms with van der Waals surface area (Å²) in [5, 5.41) is 11.8. The van der Waals surface area contributed by atoms with Gasteiger partial charge in [-0.3, -0.25) is 9.59 Å². The smallest absolute Gasteiger partial charge is 0.329 e. The first-order valence-electron chi connectivity index (χ1n) is 6.51. The Morgan fingerprint density at radius 2 is 1.71 bits per heavy atom. The summed E-state index contributed by atoms with van der Waals surface area (Å²) in [5.74, 6) is -1.56. The Morgan fingerprint density at radius 1 is 1.19 bits per heavy atom. The maximum atomic E-state index is 12.3. The van der Waals surface area contributed by atoms with Gasteiger partial charge in [0.15, 0.2) is 0 Å². The van der Waals surface area contributed by atoms with Gasteiger partial charge in [0.25, 0.3) is 5.91 Å². The lowest BCUT2D eigenvalue weighted by molar-refractivity contribution is -0.147. The lowest BCUT2D eigenvalue weighted by Gasteiger charge is -2.31. The van der Waals surface area contributed by atoms with Crippen molar-refractivity contribution in [2.24, 2.45) is 0 Å². The molecule has 0 heterocycles. The summed E-state index contributed by atoms with van der Waals surface area (Å²) in [5.41, 5.74) is -0.0216. The molecular weight excluding hydrogens is 272 g/mol. The van der Waals surface area contributed by atoms with E-state index in [4.69, 9.17) is 5.11 Å². The van der Waals surface area contributed by atoms with Crippen molar-refractivity contribution < 1.29 is 19.5 Å². The second-order valence-electron chi connectivity index (χ2n) is 5.34. The molecule has 2 N–H and O–H groups in total. The maximum Gasteiger partial charge on any atom is 0.329 e. The van der Waals surface area contributed by atoms with Gasteiger partial charge in [-0.25, -0.2) is 4.79 Å². The number of aliphatic carboxylic acids is 1. The highest BCUT2D eigenvalue weighted by Gasteiger charge is 2.35. The predicted molar refractivity (Wildman–Crippen MR) is 77.8 cm³/mol. The van der Waals surface area contributed by atoms with E-state index in [1.54, 1.807) is 24.3 Å². The van der Waals surface area contributed by atoms with Crippen molar-refractivity contribution in [2.45, 2.75) is 32.9 Å². The molecule has 1 aromatic rings. The molecule has 21 heavy (non-hydrogen) atoms. The number of likely N-dealkylation sites (N-methyl/N-ethyl adjacent to an activating group) is 1. The molecule has 1 rings (SSSR count). The number of benzene rings is 1. The first-order chi connectivity index (χ1) is 9.66. The van der Waals surface area contributed by atoms with Gasteiger partial charge in [-0.2, -0.15) is 0 Å². The van der Waals surface area contributed by atoms with Gasteiger partial charge in [0.05, 0.1) is 0 Å². The van der Waals surface area contributed by atoms with E-state index in [1.165, 1.54) is 32.7 Å². The molecule has 0 aliphatic carbocycles. The second-order valence-corrected chi connectivity index (χ2v) is 5.34. The number of carbonyl (C=O) groups is 3. The third kappa shape index (κ3) is 4.05. The molecule has 6 heteroatoms. The number of carbonyl (C=O) groups excluding carboxylic acids is 2. The molecule has 1 aromatic carbocycles. The summed E-state index contributed by atoms with van der Waals surface area (Å²) in [6.07, 6.45) is 0. The van der Waals surface area contributed by atoms with E-state index in [0.29, 0.717) is 12.1 Å². The van der Waals surface area contributed by atoms with E-state index in [9.17, 15) is 14.4 Å². The molecule has 0 aliphatic rings. The molecule has 0 saturated carbocycles. The van der Waals surface area contributed by atoms with Gasteiger partial charge in [0, 0.05) is 26.1 Å². The average Bonchev–Trinajstić information content (AvgIpc) is 2.43. The number of nitrogens with zero attached hydrogens (tertiary/aromatic N) is 1. The van der Waals surface area contributed by atoms with Crippen LogP contribution < -0.4 is 5.32 Å². The summed E-state index contributed by atoms with van der Waals surface area (Å²) in [4.78, 5) is 35.5. The Balaban J connectivity index is 2.84. The molecule has 0 bridgehead atoms. The SMILES string of the molecule is CC(=O)NCc1ccc(C(=O)N(C)C(C)(C)C(=O)O)cc1. The minimum absolute atomic E-state index is 0.127. The zero-order valence-corrected chi connectivity index (χ0v) is 12.6. The van der Waals surface area contributed by atoms with Crippen LogP contribution in [0.1, 0.15) is 36.7 Å². The van der Waals surface area contributed by atoms with Crippen LogP contribution >= 0.6 is 0 Å². The average molecular weight is 292 g/mol. The number of hydrogen-bond acceptors (Lipinski definition) is 3. The van der Waals surface area contributed by atoms with E-state index >= 15 is 0 Å². The van der Waals surface area contributed by atoms with Gasteiger partial charge < -0.3 is 15.3 Å². The normalized spacial score (nSPS) is 10.9. The summed E-state index contributed by atoms with van der Waals surface area (Å²) >= 11 is 0. The van der Waals surface area contributed by atoms with Gasteiger partial charge >= 0.3 is 5.97 Å². The van der Waals surface area contributed by atoms with Crippen molar-refractivity contribution >= 4 is 17.8 Å². The fraction of sp³-hybridized carbons (Fsp3) is 0.400. The van der Waals surface area contributed by atoms with Crippen molar-refractivity contribution in [3.63, 3.8) is 0 Å². The highest BCUT2D eigenvalue weighted by atomic mass is 16.4. The summed E-state index contributed by atoms with van der Waals surface area (Å²) in [7, 11) is 1.46. The molecular formula is C15H20N2O4. The number of carboxylic acid groups (broad SMARTS) is 1. The fourth-order valence-electron chi connectivity index (χ4n) is 1.58. The van der Waals surface area contributed by atoms with Gasteiger partial charge in [-0.15, -0.1) is 0 Å². The van der Waals surface area contributed by atoms with Crippen LogP contribution in [0.25, 0.3) is 0 Å². The fourth-order valence-corrected chi connectivity index (χ4v) is 1.58. The Bertz CT molecular complexity index is 549. The third-order valence-corrected chi connectivity index (χ3v) is 3.41. The minimum Gasteiger partial charge on any atom is -0.480 e. The number of hydrogen-bond donors (Lipinski definition) is 2. The van der Waals surface area contributed by atoms with Crippen LogP contribution in [0, 0.1) is 0 Å². The third-order valence-electron chi connectivity index (χ3n) is 3.41. The van der Waals surface area contributed by atoms with Gasteiger partial charge in [-0.05, 0) is 31.5 Å². The maximum absolute atomic E-state index is 12.3. The molecule has 0 fully saturated rings. The highest BCUT2D eigenvalue weighted by molar-refractivity contribution is 5.97. The monoisotopic (exact) mass is 292 g/mol. The van der Waals surface area contributed by atoms with Gasteiger partial charge in [-0.1, -0.05) is 12.1 Å². The van der Waals surface area contributed by atoms with Crippen LogP contribution in [-0.2, 0) is 16.1 Å². The number of nitrogens with one attached hydrogen (secondary N) is 1. The number of carboxylic acids is 1. The van der Waals surface area contributed by atoms with Crippen LogP contribution in [-0.4, -0.2) is 40.4 Å². The van der Waals surface area contributed by atoms with Crippen molar-refractivity contribution in [1.29, 1.82) is 0 Å². The summed E-state index contributed by atoms with van der Waals surface area (Å²) < 4.78 is 0. The van der Waals surface area contributed by atoms with Crippen molar-refractivity contribution in [2.75, 3.05) is 7.05 Å². The molecule has 6 nitrogen and oxygen atoms in total. The zero-order chi connectivity index (χ0) is 16.2. The Kier molecular flexibility index (Phi) is 5.07. The molecule has 0 unspecified atom stereocenters. The van der Waals surface area contributed by atoms with Crippen LogP contribution in [0.3, 0.4) is 0 Å². The number of amides is 2. The van der Waals surface area contributed by atoms with Crippen molar-refractivity contribution in [1.82, 2.24) is 10.2 Å². The first kappa shape index (κ1) is 16.7. The van der Waals surface area contributed by atoms with Crippen LogP contribution in [0.4, 0.5) is 0 Å². The zero-order valence-electron chi connectivity index (χ0n) is 12.6. The largest absolute Gasteiger partial charge is 0.480 e. The van der Waals surface area contributed by atoms with E-state index < -0.39 is 11.5 Å². The van der Waals surface area contributed by atoms with E-state index in [-0.39, 0.29) is 11.8 Å². The summed E-state index contributed by atoms with van der Waals surface area (Å²) in [6.45, 7) is 4.76. The second kappa shape index (κ2) is 6.39. The Morgan fingerprint density at radius 3 is 2.14 bits per heavy atom. The topological polar surface area (TPSA) is 86.7 Å². The molecule has 0 spiro atoms. The standard InChI is InChI=1S/C15H20N2O4/c1-10(18)16-9-11-5-7-12(8-6-11)13(19)17(4)15(2,3)14(20)21/h5-8H,9H2,1-4H3,(H,16,18)(H,20,21). The van der Waals surface area contributed by atoms with E-state index in [0.717, 1.165) is 5.56 Å². The molecule has 0 radical (unpaired) electrons. The molecule has 0 aromatic heterocycles. The minimum atomic E-state index is -1.29. The number of rotatable bonds is 5. The molecule has 0 aliphatic heterocycles. The van der Waals surface area contributed by atoms with Gasteiger partial charge in [0.1, 0.15) is 5.54 Å². The van der Waals surface area contributed by atoms with Crippen molar-refractivity contribution in [3.05, 3.63) is 35.4 Å². The molecule has 114 valence electrons. The van der Waals surface area contributed by atoms with Crippen LogP contribution in [0.5, 0.6) is 0 Å². The van der Waals surface area contributed by atoms with Crippen LogP contribution in [0.15, 0.2) is 24.3 Å². The lowest BCUT2D eigenvalue weighted by Crippen LogP contribution is -2.50. The Labute approximate surface area is 123 Å². The van der Waals surface area contributed by atoms with E-state index in [1.807, 2.05) is 0 Å². The molecule has 2 amide bonds. The first-order valence-corrected chi connectivity index (χ1v) is 6.51. The molecule has 0 atom stereocenters. The van der Waals surface area contributed by atoms with Crippen molar-refractivity contribution in [3.8, 4) is 0 Å². The Hall–Kier alpha value is -2.37. The molecule has 0 saturated heterocycles. The quantitative estimate of drug-likeness (QED) is 0.855. The lowest BCUT2D eigenvalue weighted by atomic mass is 10.0. The van der Waals surface area contributed by atoms with E-state index in [2.05, 4.69) is 5.32 Å².